The van der Waals surface area contributed by atoms with Crippen molar-refractivity contribution in [2.75, 3.05) is 11.9 Å². The van der Waals surface area contributed by atoms with Crippen LogP contribution in [0.1, 0.15) is 16.8 Å². The van der Waals surface area contributed by atoms with E-state index in [0.717, 1.165) is 28.1 Å². The lowest BCUT2D eigenvalue weighted by Gasteiger charge is -2.13. The summed E-state index contributed by atoms with van der Waals surface area (Å²) in [5.74, 6) is 1.04. The fourth-order valence-corrected chi connectivity index (χ4v) is 3.58. The summed E-state index contributed by atoms with van der Waals surface area (Å²) in [4.78, 5) is 8.86. The normalized spacial score (nSPS) is 12.8. The van der Waals surface area contributed by atoms with E-state index in [9.17, 15) is 4.39 Å². The fraction of sp³-hybridized carbons (Fsp3) is 0.200. The number of aromatic nitrogens is 5. The highest BCUT2D eigenvalue weighted by molar-refractivity contribution is 5.78. The second-order valence-electron chi connectivity index (χ2n) is 6.61. The van der Waals surface area contributed by atoms with Crippen molar-refractivity contribution in [3.05, 3.63) is 65.6 Å². The number of fused-ring (bicyclic) bond motifs is 2. The van der Waals surface area contributed by atoms with E-state index in [0.29, 0.717) is 36.7 Å². The Kier molecular flexibility index (Phi) is 3.89. The summed E-state index contributed by atoms with van der Waals surface area (Å²) in [6.45, 7) is 2.82. The summed E-state index contributed by atoms with van der Waals surface area (Å²) in [5, 5.41) is 11.5. The van der Waals surface area contributed by atoms with E-state index < -0.39 is 0 Å². The van der Waals surface area contributed by atoms with Gasteiger partial charge < -0.3 is 10.1 Å². The van der Waals surface area contributed by atoms with Crippen molar-refractivity contribution in [3.63, 3.8) is 0 Å². The Labute approximate surface area is 160 Å². The van der Waals surface area contributed by atoms with Crippen LogP contribution in [0.15, 0.2) is 43.0 Å². The Morgan fingerprint density at radius 2 is 2.14 bits per heavy atom. The molecule has 0 bridgehead atoms. The lowest BCUT2D eigenvalue weighted by Crippen LogP contribution is -2.09. The second kappa shape index (κ2) is 6.56. The molecule has 28 heavy (non-hydrogen) atoms. The van der Waals surface area contributed by atoms with Gasteiger partial charge in [0.2, 0.25) is 5.95 Å². The van der Waals surface area contributed by atoms with Crippen molar-refractivity contribution in [1.29, 1.82) is 0 Å². The molecule has 1 aliphatic heterocycles. The van der Waals surface area contributed by atoms with E-state index in [2.05, 4.69) is 25.5 Å². The molecule has 1 aromatic carbocycles. The number of aryl methyl sites for hydroxylation is 1. The zero-order chi connectivity index (χ0) is 19.1. The molecule has 5 rings (SSSR count). The maximum absolute atomic E-state index is 14.4. The number of anilines is 1. The van der Waals surface area contributed by atoms with E-state index in [-0.39, 0.29) is 5.82 Å². The summed E-state index contributed by atoms with van der Waals surface area (Å²) < 4.78 is 21.7. The van der Waals surface area contributed by atoms with E-state index in [1.807, 2.05) is 19.1 Å². The number of ether oxygens (including phenoxy) is 1. The molecule has 0 amide bonds. The van der Waals surface area contributed by atoms with Crippen molar-refractivity contribution in [2.45, 2.75) is 19.9 Å². The number of pyridine rings is 1. The first-order valence-electron chi connectivity index (χ1n) is 9.00. The molecule has 7 nitrogen and oxygen atoms in total. The third kappa shape index (κ3) is 2.65. The van der Waals surface area contributed by atoms with Crippen LogP contribution < -0.4 is 10.1 Å². The Morgan fingerprint density at radius 3 is 3.04 bits per heavy atom. The molecule has 1 N–H and O–H groups in total. The average Bonchev–Trinajstić information content (AvgIpc) is 3.37. The first-order chi connectivity index (χ1) is 13.7. The Balaban J connectivity index is 1.51. The number of rotatable bonds is 4. The first-order valence-corrected chi connectivity index (χ1v) is 9.00. The van der Waals surface area contributed by atoms with Crippen molar-refractivity contribution in [2.24, 2.45) is 0 Å². The third-order valence-electron chi connectivity index (χ3n) is 4.99. The van der Waals surface area contributed by atoms with Crippen LogP contribution in [-0.2, 0) is 13.0 Å². The molecule has 4 heterocycles. The monoisotopic (exact) mass is 376 g/mol. The molecule has 0 unspecified atom stereocenters. The van der Waals surface area contributed by atoms with Gasteiger partial charge in [-0.15, -0.1) is 10.2 Å². The fourth-order valence-electron chi connectivity index (χ4n) is 3.58. The zero-order valence-corrected chi connectivity index (χ0v) is 15.2. The molecule has 0 atom stereocenters. The number of benzene rings is 1. The minimum Gasteiger partial charge on any atom is -0.493 e. The SMILES string of the molecule is Cc1ncccc1-c1cnc(NCc2c(F)ccc3c2CCO3)n2cnnc12. The van der Waals surface area contributed by atoms with Crippen LogP contribution >= 0.6 is 0 Å². The van der Waals surface area contributed by atoms with Crippen molar-refractivity contribution < 1.29 is 9.13 Å². The molecule has 0 saturated heterocycles. The lowest BCUT2D eigenvalue weighted by atomic mass is 10.0. The molecule has 1 aliphatic rings. The maximum atomic E-state index is 14.4. The van der Waals surface area contributed by atoms with E-state index in [1.165, 1.54) is 6.07 Å². The second-order valence-corrected chi connectivity index (χ2v) is 6.61. The number of halogens is 1. The van der Waals surface area contributed by atoms with Gasteiger partial charge in [0.1, 0.15) is 17.9 Å². The molecule has 8 heteroatoms. The van der Waals surface area contributed by atoms with Crippen LogP contribution in [0.2, 0.25) is 0 Å². The van der Waals surface area contributed by atoms with Crippen molar-refractivity contribution >= 4 is 11.6 Å². The number of nitrogens with one attached hydrogen (secondary N) is 1. The van der Waals surface area contributed by atoms with Gasteiger partial charge >= 0.3 is 0 Å². The summed E-state index contributed by atoms with van der Waals surface area (Å²) in [5.41, 5.74) is 4.85. The molecule has 0 aliphatic carbocycles. The number of nitrogens with zero attached hydrogens (tertiary/aromatic N) is 5. The molecule has 140 valence electrons. The van der Waals surface area contributed by atoms with Crippen LogP contribution in [0.5, 0.6) is 5.75 Å². The molecule has 0 radical (unpaired) electrons. The highest BCUT2D eigenvalue weighted by Gasteiger charge is 2.20. The van der Waals surface area contributed by atoms with Gasteiger partial charge in [-0.2, -0.15) is 0 Å². The summed E-state index contributed by atoms with van der Waals surface area (Å²) in [6, 6.07) is 6.98. The summed E-state index contributed by atoms with van der Waals surface area (Å²) in [6.07, 6.45) is 5.79. The predicted octanol–water partition coefficient (Wildman–Crippen LogP) is 3.18. The Hall–Kier alpha value is -3.55. The minimum atomic E-state index is -0.251. The third-order valence-corrected chi connectivity index (χ3v) is 4.99. The van der Waals surface area contributed by atoms with Crippen LogP contribution in [0.3, 0.4) is 0 Å². The average molecular weight is 376 g/mol. The number of hydrogen-bond acceptors (Lipinski definition) is 6. The molecule has 0 spiro atoms. The number of hydrogen-bond donors (Lipinski definition) is 1. The van der Waals surface area contributed by atoms with Gasteiger partial charge in [0.25, 0.3) is 0 Å². The van der Waals surface area contributed by atoms with Crippen LogP contribution in [0, 0.1) is 12.7 Å². The Morgan fingerprint density at radius 1 is 1.21 bits per heavy atom. The highest BCUT2D eigenvalue weighted by atomic mass is 19.1. The van der Waals surface area contributed by atoms with Gasteiger partial charge in [0.05, 0.1) is 6.61 Å². The Bertz CT molecular complexity index is 1190. The van der Waals surface area contributed by atoms with Crippen LogP contribution in [-0.4, -0.2) is 31.2 Å². The van der Waals surface area contributed by atoms with Gasteiger partial charge in [-0.3, -0.25) is 9.38 Å². The van der Waals surface area contributed by atoms with Gasteiger partial charge in [-0.25, -0.2) is 9.37 Å². The molecular weight excluding hydrogens is 359 g/mol. The standard InChI is InChI=1S/C20H17FN6O/c1-12-13(3-2-7-22-12)16-10-24-20(27-11-25-26-19(16)27)23-9-15-14-6-8-28-18(14)5-4-17(15)21/h2-5,7,10-11H,6,8-9H2,1H3,(H,23,24). The van der Waals surface area contributed by atoms with Crippen molar-refractivity contribution in [1.82, 2.24) is 24.6 Å². The zero-order valence-electron chi connectivity index (χ0n) is 15.2. The first kappa shape index (κ1) is 16.6. The maximum Gasteiger partial charge on any atom is 0.210 e. The van der Waals surface area contributed by atoms with Crippen molar-refractivity contribution in [3.8, 4) is 16.9 Å². The van der Waals surface area contributed by atoms with Crippen LogP contribution in [0.4, 0.5) is 10.3 Å². The van der Waals surface area contributed by atoms with E-state index in [4.69, 9.17) is 4.74 Å². The summed E-state index contributed by atoms with van der Waals surface area (Å²) >= 11 is 0. The predicted molar refractivity (Wildman–Crippen MR) is 102 cm³/mol. The smallest absolute Gasteiger partial charge is 0.210 e. The molecule has 4 aromatic rings. The minimum absolute atomic E-state index is 0.251. The highest BCUT2D eigenvalue weighted by Crippen LogP contribution is 2.31. The van der Waals surface area contributed by atoms with Gasteiger partial charge in [-0.1, -0.05) is 6.07 Å². The van der Waals surface area contributed by atoms with Gasteiger partial charge in [-0.05, 0) is 25.1 Å². The molecule has 0 saturated carbocycles. The summed E-state index contributed by atoms with van der Waals surface area (Å²) in [7, 11) is 0. The topological polar surface area (TPSA) is 77.2 Å². The molecule has 3 aromatic heterocycles. The lowest BCUT2D eigenvalue weighted by molar-refractivity contribution is 0.356. The van der Waals surface area contributed by atoms with Gasteiger partial charge in [0.15, 0.2) is 5.65 Å². The largest absolute Gasteiger partial charge is 0.493 e. The van der Waals surface area contributed by atoms with Gasteiger partial charge in [0, 0.05) is 53.3 Å². The van der Waals surface area contributed by atoms with E-state index in [1.54, 1.807) is 29.2 Å². The van der Waals surface area contributed by atoms with E-state index >= 15 is 0 Å². The molecule has 0 fully saturated rings. The quantitative estimate of drug-likeness (QED) is 0.589. The molecular formula is C20H17FN6O. The van der Waals surface area contributed by atoms with Crippen LogP contribution in [0.25, 0.3) is 16.8 Å².